The smallest absolute Gasteiger partial charge is 0.241 e. The lowest BCUT2D eigenvalue weighted by molar-refractivity contribution is -0.131. The second-order valence-corrected chi connectivity index (χ2v) is 14.2. The molecule has 7 nitrogen and oxygen atoms in total. The third-order valence-electron chi connectivity index (χ3n) is 11.1. The van der Waals surface area contributed by atoms with Gasteiger partial charge in [0.2, 0.25) is 23.6 Å². The number of hydrogen-bond acceptors (Lipinski definition) is 5. The van der Waals surface area contributed by atoms with Crippen LogP contribution in [0.25, 0.3) is 10.8 Å². The summed E-state index contributed by atoms with van der Waals surface area (Å²) in [7, 11) is 0. The molecule has 10 heteroatoms. The number of aryl methyl sites for hydroxylation is 1. The molecule has 1 saturated carbocycles. The highest BCUT2D eigenvalue weighted by Gasteiger charge is 2.67. The molecular formula is C38H29Cl2FN2O5. The van der Waals surface area contributed by atoms with Gasteiger partial charge in [0.1, 0.15) is 11.6 Å². The second kappa shape index (κ2) is 10.7. The van der Waals surface area contributed by atoms with Crippen LogP contribution >= 0.6 is 23.2 Å². The van der Waals surface area contributed by atoms with Crippen molar-refractivity contribution in [1.29, 1.82) is 0 Å². The van der Waals surface area contributed by atoms with Crippen LogP contribution in [0, 0.1) is 41.8 Å². The largest absolute Gasteiger partial charge is 0.507 e. The summed E-state index contributed by atoms with van der Waals surface area (Å²) in [5.41, 5.74) is 1.59. The van der Waals surface area contributed by atoms with E-state index in [-0.39, 0.29) is 41.1 Å². The number of benzene rings is 4. The highest BCUT2D eigenvalue weighted by atomic mass is 35.5. The fourth-order valence-corrected chi connectivity index (χ4v) is 9.11. The maximum atomic E-state index is 14.7. The van der Waals surface area contributed by atoms with Crippen LogP contribution in [-0.2, 0) is 19.2 Å². The van der Waals surface area contributed by atoms with Crippen LogP contribution in [-0.4, -0.2) is 28.7 Å². The van der Waals surface area contributed by atoms with E-state index in [1.807, 2.05) is 31.2 Å². The molecule has 4 amide bonds. The van der Waals surface area contributed by atoms with Gasteiger partial charge in [-0.2, -0.15) is 0 Å². The quantitative estimate of drug-likeness (QED) is 0.176. The molecule has 2 heterocycles. The van der Waals surface area contributed by atoms with E-state index in [0.29, 0.717) is 21.5 Å². The van der Waals surface area contributed by atoms with Gasteiger partial charge >= 0.3 is 0 Å². The lowest BCUT2D eigenvalue weighted by atomic mass is 9.51. The minimum Gasteiger partial charge on any atom is -0.507 e. The van der Waals surface area contributed by atoms with Crippen LogP contribution in [0.1, 0.15) is 36.8 Å². The van der Waals surface area contributed by atoms with Gasteiger partial charge in [-0.3, -0.25) is 19.2 Å². The number of hydrogen-bond donors (Lipinski definition) is 1. The second-order valence-electron chi connectivity index (χ2n) is 13.4. The van der Waals surface area contributed by atoms with Crippen molar-refractivity contribution in [3.8, 4) is 5.75 Å². The van der Waals surface area contributed by atoms with Crippen LogP contribution in [0.4, 0.5) is 15.8 Å². The zero-order valence-corrected chi connectivity index (χ0v) is 27.4. The standard InChI is InChI=1S/C38H29Cl2FN2O5/c1-18-7-8-19(15-28(18)39)42-34(45)25-11-10-24-26(32(25)36(42)47)17-27-35(46)43(20-9-13-30(41)29(40)16-20)37(48)38(27,2)33(24)23-12-14-31(44)22-6-4-3-5-21(22)23/h3-10,12-16,25-27,32-33,44H,11,17H2,1-2H3/t25-,26+,27-,32-,33-,38+/m0/s1. The van der Waals surface area contributed by atoms with Gasteiger partial charge < -0.3 is 5.11 Å². The topological polar surface area (TPSA) is 95.0 Å². The first kappa shape index (κ1) is 30.8. The van der Waals surface area contributed by atoms with Crippen molar-refractivity contribution < 1.29 is 28.7 Å². The molecule has 0 aromatic heterocycles. The number of rotatable bonds is 3. The third-order valence-corrected chi connectivity index (χ3v) is 11.8. The summed E-state index contributed by atoms with van der Waals surface area (Å²) >= 11 is 12.5. The number of allylic oxidation sites excluding steroid dienone is 2. The Morgan fingerprint density at radius 3 is 2.23 bits per heavy atom. The summed E-state index contributed by atoms with van der Waals surface area (Å²) in [6, 6.07) is 19.5. The minimum atomic E-state index is -1.32. The van der Waals surface area contributed by atoms with Gasteiger partial charge in [0.25, 0.3) is 0 Å². The molecule has 48 heavy (non-hydrogen) atoms. The van der Waals surface area contributed by atoms with Crippen molar-refractivity contribution in [3.05, 3.63) is 111 Å². The van der Waals surface area contributed by atoms with E-state index in [2.05, 4.69) is 0 Å². The number of phenols is 1. The van der Waals surface area contributed by atoms with Crippen molar-refractivity contribution in [2.24, 2.45) is 29.1 Å². The number of fused-ring (bicyclic) bond motifs is 5. The summed E-state index contributed by atoms with van der Waals surface area (Å²) in [4.78, 5) is 59.8. The Bertz CT molecular complexity index is 2170. The lowest BCUT2D eigenvalue weighted by Gasteiger charge is -2.49. The first-order valence-electron chi connectivity index (χ1n) is 15.8. The van der Waals surface area contributed by atoms with Gasteiger partial charge in [-0.1, -0.05) is 71.2 Å². The zero-order chi connectivity index (χ0) is 33.8. The Labute approximate surface area is 285 Å². The number of halogens is 3. The number of anilines is 2. The zero-order valence-electron chi connectivity index (χ0n) is 25.9. The highest BCUT2D eigenvalue weighted by molar-refractivity contribution is 6.32. The molecule has 0 spiro atoms. The molecular weight excluding hydrogens is 654 g/mol. The average molecular weight is 684 g/mol. The van der Waals surface area contributed by atoms with Crippen LogP contribution in [0.3, 0.4) is 0 Å². The Balaban J connectivity index is 1.31. The molecule has 2 saturated heterocycles. The van der Waals surface area contributed by atoms with Gasteiger partial charge in [0, 0.05) is 16.3 Å². The van der Waals surface area contributed by atoms with Crippen molar-refractivity contribution >= 4 is 69.0 Å². The molecule has 2 aliphatic heterocycles. The monoisotopic (exact) mass is 682 g/mol. The predicted octanol–water partition coefficient (Wildman–Crippen LogP) is 7.74. The summed E-state index contributed by atoms with van der Waals surface area (Å²) in [5.74, 6) is -5.73. The van der Waals surface area contributed by atoms with E-state index in [0.717, 1.165) is 27.7 Å². The molecule has 4 aromatic carbocycles. The Hall–Kier alpha value is -4.53. The highest BCUT2D eigenvalue weighted by Crippen LogP contribution is 2.64. The molecule has 0 unspecified atom stereocenters. The van der Waals surface area contributed by atoms with Crippen LogP contribution < -0.4 is 9.80 Å². The molecule has 0 radical (unpaired) electrons. The number of aromatic hydroxyl groups is 1. The third kappa shape index (κ3) is 4.12. The van der Waals surface area contributed by atoms with E-state index in [4.69, 9.17) is 23.2 Å². The summed E-state index contributed by atoms with van der Waals surface area (Å²) < 4.78 is 14.2. The minimum absolute atomic E-state index is 0.0708. The molecule has 4 aromatic rings. The maximum Gasteiger partial charge on any atom is 0.241 e. The molecule has 2 aliphatic carbocycles. The Kier molecular flexibility index (Phi) is 6.89. The maximum absolute atomic E-state index is 14.7. The van der Waals surface area contributed by atoms with Crippen molar-refractivity contribution in [1.82, 2.24) is 0 Å². The number of phenolic OH excluding ortho intramolecular Hbond substituents is 1. The molecule has 6 atom stereocenters. The van der Waals surface area contributed by atoms with Crippen LogP contribution in [0.15, 0.2) is 84.4 Å². The number of amides is 4. The number of nitrogens with zero attached hydrogens (tertiary/aromatic N) is 2. The summed E-state index contributed by atoms with van der Waals surface area (Å²) in [6.07, 6.45) is 2.42. The van der Waals surface area contributed by atoms with Crippen molar-refractivity contribution in [3.63, 3.8) is 0 Å². The molecule has 242 valence electrons. The molecule has 4 aliphatic rings. The van der Waals surface area contributed by atoms with E-state index in [9.17, 15) is 28.7 Å². The molecule has 3 fully saturated rings. The van der Waals surface area contributed by atoms with E-state index in [1.54, 1.807) is 43.3 Å². The van der Waals surface area contributed by atoms with Gasteiger partial charge in [0.15, 0.2) is 0 Å². The molecule has 0 bridgehead atoms. The van der Waals surface area contributed by atoms with Gasteiger partial charge in [0.05, 0.1) is 39.6 Å². The summed E-state index contributed by atoms with van der Waals surface area (Å²) in [6.45, 7) is 3.62. The van der Waals surface area contributed by atoms with E-state index >= 15 is 0 Å². The van der Waals surface area contributed by atoms with Gasteiger partial charge in [-0.15, -0.1) is 0 Å². The van der Waals surface area contributed by atoms with E-state index < -0.39 is 52.6 Å². The molecule has 8 rings (SSSR count). The van der Waals surface area contributed by atoms with Crippen molar-refractivity contribution in [2.75, 3.05) is 9.80 Å². The van der Waals surface area contributed by atoms with Crippen LogP contribution in [0.5, 0.6) is 5.75 Å². The van der Waals surface area contributed by atoms with Gasteiger partial charge in [-0.05, 0) is 85.5 Å². The van der Waals surface area contributed by atoms with Gasteiger partial charge in [-0.25, -0.2) is 14.2 Å². The van der Waals surface area contributed by atoms with Crippen molar-refractivity contribution in [2.45, 2.75) is 32.6 Å². The number of carbonyl (C=O) groups is 4. The first-order valence-corrected chi connectivity index (χ1v) is 16.6. The fourth-order valence-electron chi connectivity index (χ4n) is 8.76. The first-order chi connectivity index (χ1) is 22.9. The number of imide groups is 2. The molecule has 1 N–H and O–H groups in total. The SMILES string of the molecule is Cc1ccc(N2C(=O)[C@H]3[C@H](CC=C4[C@H]3C[C@H]3C(=O)N(c5ccc(F)c(Cl)c5)C(=O)[C@@]3(C)[C@H]4c3ccc(O)c4ccccc34)C2=O)cc1Cl. The van der Waals surface area contributed by atoms with E-state index in [1.165, 1.54) is 17.0 Å². The number of carbonyl (C=O) groups excluding carboxylic acids is 4. The lowest BCUT2D eigenvalue weighted by Crippen LogP contribution is -2.49. The average Bonchev–Trinajstić information content (AvgIpc) is 3.44. The normalized spacial score (nSPS) is 28.1. The predicted molar refractivity (Wildman–Crippen MR) is 180 cm³/mol. The fraction of sp³-hybridized carbons (Fsp3) is 0.263. The van der Waals surface area contributed by atoms with Crippen LogP contribution in [0.2, 0.25) is 10.0 Å². The summed E-state index contributed by atoms with van der Waals surface area (Å²) in [5, 5.41) is 12.3. The Morgan fingerprint density at radius 2 is 1.50 bits per heavy atom. The Morgan fingerprint density at radius 1 is 0.812 bits per heavy atom.